The van der Waals surface area contributed by atoms with Gasteiger partial charge in [-0.15, -0.1) is 0 Å². The lowest BCUT2D eigenvalue weighted by Crippen LogP contribution is -2.10. The molecule has 1 unspecified atom stereocenters. The summed E-state index contributed by atoms with van der Waals surface area (Å²) in [5.41, 5.74) is 0.736. The van der Waals surface area contributed by atoms with Crippen LogP contribution in [-0.2, 0) is 4.79 Å². The van der Waals surface area contributed by atoms with Crippen LogP contribution in [0.1, 0.15) is 24.8 Å². The summed E-state index contributed by atoms with van der Waals surface area (Å²) < 4.78 is 0.805. The van der Waals surface area contributed by atoms with Gasteiger partial charge in [-0.3, -0.25) is 4.79 Å². The molecule has 14 heavy (non-hydrogen) atoms. The largest absolute Gasteiger partial charge is 0.481 e. The van der Waals surface area contributed by atoms with Gasteiger partial charge in [0, 0.05) is 9.50 Å². The number of carbonyl (C=O) groups is 1. The molecule has 1 rings (SSSR count). The zero-order valence-electron chi connectivity index (χ0n) is 7.63. The maximum atomic E-state index is 10.9. The molecule has 1 N–H and O–H groups in total. The van der Waals surface area contributed by atoms with Crippen molar-refractivity contribution in [3.05, 3.63) is 33.3 Å². The van der Waals surface area contributed by atoms with Crippen molar-refractivity contribution in [3.8, 4) is 0 Å². The smallest absolute Gasteiger partial charge is 0.310 e. The van der Waals surface area contributed by atoms with Gasteiger partial charge in [-0.2, -0.15) is 0 Å². The molecule has 76 valence electrons. The van der Waals surface area contributed by atoms with E-state index in [1.165, 1.54) is 0 Å². The van der Waals surface area contributed by atoms with E-state index in [-0.39, 0.29) is 0 Å². The van der Waals surface area contributed by atoms with Crippen LogP contribution in [0.2, 0.25) is 5.02 Å². The normalized spacial score (nSPS) is 12.5. The molecule has 2 nitrogen and oxygen atoms in total. The minimum atomic E-state index is -0.818. The fourth-order valence-electron chi connectivity index (χ4n) is 1.33. The summed E-state index contributed by atoms with van der Waals surface area (Å²) in [6.45, 7) is 1.84. The monoisotopic (exact) mass is 276 g/mol. The number of carboxylic acids is 1. The topological polar surface area (TPSA) is 37.3 Å². The van der Waals surface area contributed by atoms with Gasteiger partial charge in [-0.25, -0.2) is 0 Å². The van der Waals surface area contributed by atoms with E-state index in [9.17, 15) is 4.79 Å². The zero-order chi connectivity index (χ0) is 10.7. The Bertz CT molecular complexity index is 332. The highest BCUT2D eigenvalue weighted by atomic mass is 79.9. The van der Waals surface area contributed by atoms with Gasteiger partial charge < -0.3 is 5.11 Å². The van der Waals surface area contributed by atoms with Crippen molar-refractivity contribution in [2.75, 3.05) is 0 Å². The first kappa shape index (κ1) is 11.5. The lowest BCUT2D eigenvalue weighted by Gasteiger charge is -2.10. The first-order chi connectivity index (χ1) is 6.54. The average molecular weight is 278 g/mol. The van der Waals surface area contributed by atoms with Crippen LogP contribution in [0.15, 0.2) is 22.7 Å². The maximum absolute atomic E-state index is 10.9. The summed E-state index contributed by atoms with van der Waals surface area (Å²) in [4.78, 5) is 10.9. The first-order valence-corrected chi connectivity index (χ1v) is 5.40. The predicted molar refractivity (Wildman–Crippen MR) is 59.8 cm³/mol. The molecule has 0 radical (unpaired) electrons. The SMILES string of the molecule is CCC(C(=O)O)c1cc(Cl)cc(Br)c1. The Morgan fingerprint density at radius 3 is 2.64 bits per heavy atom. The van der Waals surface area contributed by atoms with E-state index in [2.05, 4.69) is 15.9 Å². The van der Waals surface area contributed by atoms with Crippen molar-refractivity contribution in [1.82, 2.24) is 0 Å². The van der Waals surface area contributed by atoms with Crippen molar-refractivity contribution < 1.29 is 9.90 Å². The highest BCUT2D eigenvalue weighted by Crippen LogP contribution is 2.27. The second kappa shape index (κ2) is 4.80. The molecule has 0 aliphatic rings. The molecular weight excluding hydrogens is 267 g/mol. The summed E-state index contributed by atoms with van der Waals surface area (Å²) in [6, 6.07) is 5.21. The van der Waals surface area contributed by atoms with Gasteiger partial charge in [0.2, 0.25) is 0 Å². The fourth-order valence-corrected chi connectivity index (χ4v) is 2.22. The van der Waals surface area contributed by atoms with Gasteiger partial charge in [-0.05, 0) is 30.2 Å². The van der Waals surface area contributed by atoms with Crippen LogP contribution in [0.4, 0.5) is 0 Å². The fraction of sp³-hybridized carbons (Fsp3) is 0.300. The van der Waals surface area contributed by atoms with Crippen LogP contribution in [0.3, 0.4) is 0 Å². The Morgan fingerprint density at radius 2 is 2.21 bits per heavy atom. The van der Waals surface area contributed by atoms with E-state index in [4.69, 9.17) is 16.7 Å². The first-order valence-electron chi connectivity index (χ1n) is 4.23. The highest BCUT2D eigenvalue weighted by Gasteiger charge is 2.18. The molecule has 1 aromatic carbocycles. The molecule has 0 bridgehead atoms. The zero-order valence-corrected chi connectivity index (χ0v) is 9.97. The number of carboxylic acid groups (broad SMARTS) is 1. The van der Waals surface area contributed by atoms with Gasteiger partial charge in [0.25, 0.3) is 0 Å². The van der Waals surface area contributed by atoms with Gasteiger partial charge in [-0.1, -0.05) is 34.5 Å². The van der Waals surface area contributed by atoms with Crippen molar-refractivity contribution in [2.45, 2.75) is 19.3 Å². The van der Waals surface area contributed by atoms with Gasteiger partial charge in [0.1, 0.15) is 0 Å². The highest BCUT2D eigenvalue weighted by molar-refractivity contribution is 9.10. The minimum absolute atomic E-state index is 0.481. The third kappa shape index (κ3) is 2.72. The standard InChI is InChI=1S/C10H10BrClO2/c1-2-9(10(13)14)6-3-7(11)5-8(12)4-6/h3-5,9H,2H2,1H3,(H,13,14). The molecular formula is C10H10BrClO2. The molecule has 0 spiro atoms. The van der Waals surface area contributed by atoms with E-state index in [1.54, 1.807) is 18.2 Å². The lowest BCUT2D eigenvalue weighted by molar-refractivity contribution is -0.138. The van der Waals surface area contributed by atoms with Crippen molar-refractivity contribution >= 4 is 33.5 Å². The Kier molecular flexibility index (Phi) is 3.96. The average Bonchev–Trinajstić information content (AvgIpc) is 2.02. The van der Waals surface area contributed by atoms with Crippen LogP contribution in [0, 0.1) is 0 Å². The molecule has 0 aliphatic heterocycles. The molecule has 0 saturated heterocycles. The Balaban J connectivity index is 3.10. The van der Waals surface area contributed by atoms with E-state index in [0.717, 1.165) is 10.0 Å². The third-order valence-corrected chi connectivity index (χ3v) is 2.67. The molecule has 0 saturated carbocycles. The second-order valence-electron chi connectivity index (χ2n) is 3.00. The lowest BCUT2D eigenvalue weighted by atomic mass is 9.97. The molecule has 1 atom stereocenters. The summed E-state index contributed by atoms with van der Waals surface area (Å²) in [6.07, 6.45) is 0.558. The minimum Gasteiger partial charge on any atom is -0.481 e. The Labute approximate surface area is 96.0 Å². The third-order valence-electron chi connectivity index (χ3n) is 1.99. The number of aliphatic carboxylic acids is 1. The van der Waals surface area contributed by atoms with Gasteiger partial charge in [0.15, 0.2) is 0 Å². The molecule has 0 fully saturated rings. The van der Waals surface area contributed by atoms with Crippen LogP contribution >= 0.6 is 27.5 Å². The summed E-state index contributed by atoms with van der Waals surface area (Å²) >= 11 is 9.12. The molecule has 0 aromatic heterocycles. The van der Waals surface area contributed by atoms with Crippen LogP contribution in [0.25, 0.3) is 0 Å². The number of halogens is 2. The van der Waals surface area contributed by atoms with Crippen molar-refractivity contribution in [1.29, 1.82) is 0 Å². The van der Waals surface area contributed by atoms with E-state index < -0.39 is 11.9 Å². The van der Waals surface area contributed by atoms with Gasteiger partial charge >= 0.3 is 5.97 Å². The van der Waals surface area contributed by atoms with E-state index in [1.807, 2.05) is 6.92 Å². The molecule has 1 aromatic rings. The number of hydrogen-bond acceptors (Lipinski definition) is 1. The summed E-state index contributed by atoms with van der Waals surface area (Å²) in [7, 11) is 0. The number of hydrogen-bond donors (Lipinski definition) is 1. The van der Waals surface area contributed by atoms with E-state index in [0.29, 0.717) is 11.4 Å². The Morgan fingerprint density at radius 1 is 1.57 bits per heavy atom. The van der Waals surface area contributed by atoms with Crippen LogP contribution < -0.4 is 0 Å². The quantitative estimate of drug-likeness (QED) is 0.915. The van der Waals surface area contributed by atoms with Gasteiger partial charge in [0.05, 0.1) is 5.92 Å². The Hall–Kier alpha value is -0.540. The van der Waals surface area contributed by atoms with Crippen LogP contribution in [0.5, 0.6) is 0 Å². The molecule has 4 heteroatoms. The molecule has 0 amide bonds. The van der Waals surface area contributed by atoms with Crippen molar-refractivity contribution in [3.63, 3.8) is 0 Å². The van der Waals surface area contributed by atoms with Crippen LogP contribution in [-0.4, -0.2) is 11.1 Å². The number of benzene rings is 1. The number of rotatable bonds is 3. The predicted octanol–water partition coefficient (Wildman–Crippen LogP) is 3.68. The van der Waals surface area contributed by atoms with E-state index >= 15 is 0 Å². The van der Waals surface area contributed by atoms with Crippen molar-refractivity contribution in [2.24, 2.45) is 0 Å². The maximum Gasteiger partial charge on any atom is 0.310 e. The molecule has 0 aliphatic carbocycles. The molecule has 0 heterocycles. The second-order valence-corrected chi connectivity index (χ2v) is 4.35. The summed E-state index contributed by atoms with van der Waals surface area (Å²) in [5, 5.41) is 9.50. The summed E-state index contributed by atoms with van der Waals surface area (Å²) in [5.74, 6) is -1.30.